The van der Waals surface area contributed by atoms with E-state index in [0.29, 0.717) is 11.8 Å². The topological polar surface area (TPSA) is 103 Å². The van der Waals surface area contributed by atoms with E-state index >= 15 is 0 Å². The number of phenolic OH excluding ortho intramolecular Hbond substituents is 1. The number of aromatic hydroxyl groups is 1. The SMILES string of the molecule is CCOc1ccc(-[n+]2c(SCC(=O)N/N=C/c3ccc(O)cc3)n[nH]c2-c2ccccc2)cc1. The molecule has 8 nitrogen and oxygen atoms in total. The molecule has 0 saturated heterocycles. The van der Waals surface area contributed by atoms with Crippen molar-refractivity contribution in [3.63, 3.8) is 0 Å². The summed E-state index contributed by atoms with van der Waals surface area (Å²) in [5.74, 6) is 1.63. The Bertz CT molecular complexity index is 1260. The summed E-state index contributed by atoms with van der Waals surface area (Å²) in [5.41, 5.74) is 5.15. The predicted octanol–water partition coefficient (Wildman–Crippen LogP) is 3.70. The van der Waals surface area contributed by atoms with Gasteiger partial charge in [-0.3, -0.25) is 4.79 Å². The minimum atomic E-state index is -0.262. The first-order valence-electron chi connectivity index (χ1n) is 10.7. The highest BCUT2D eigenvalue weighted by molar-refractivity contribution is 7.99. The molecule has 0 spiro atoms. The monoisotopic (exact) mass is 474 g/mol. The van der Waals surface area contributed by atoms with E-state index in [4.69, 9.17) is 4.74 Å². The third kappa shape index (κ3) is 5.81. The van der Waals surface area contributed by atoms with E-state index in [1.54, 1.807) is 24.3 Å². The van der Waals surface area contributed by atoms with Crippen LogP contribution in [-0.4, -0.2) is 39.8 Å². The summed E-state index contributed by atoms with van der Waals surface area (Å²) in [6, 6.07) is 24.1. The maximum absolute atomic E-state index is 12.4. The zero-order valence-corrected chi connectivity index (χ0v) is 19.3. The number of H-pyrrole nitrogens is 1. The van der Waals surface area contributed by atoms with Crippen molar-refractivity contribution in [2.24, 2.45) is 5.10 Å². The summed E-state index contributed by atoms with van der Waals surface area (Å²) in [6.07, 6.45) is 1.52. The molecule has 0 aliphatic carbocycles. The summed E-state index contributed by atoms with van der Waals surface area (Å²) in [5, 5.41) is 21.5. The van der Waals surface area contributed by atoms with E-state index in [-0.39, 0.29) is 17.4 Å². The van der Waals surface area contributed by atoms with Gasteiger partial charge >= 0.3 is 5.16 Å². The Labute approximate surface area is 201 Å². The van der Waals surface area contributed by atoms with Crippen molar-refractivity contribution in [1.29, 1.82) is 0 Å². The van der Waals surface area contributed by atoms with Crippen molar-refractivity contribution in [2.45, 2.75) is 12.1 Å². The molecular weight excluding hydrogens is 450 g/mol. The van der Waals surface area contributed by atoms with Crippen LogP contribution in [0.3, 0.4) is 0 Å². The van der Waals surface area contributed by atoms with E-state index in [1.807, 2.05) is 66.1 Å². The maximum atomic E-state index is 12.4. The van der Waals surface area contributed by atoms with E-state index in [1.165, 1.54) is 18.0 Å². The van der Waals surface area contributed by atoms with Crippen LogP contribution in [0, 0.1) is 0 Å². The molecule has 3 aromatic carbocycles. The number of nitrogens with one attached hydrogen (secondary N) is 2. The van der Waals surface area contributed by atoms with Gasteiger partial charge in [0.05, 0.1) is 29.2 Å². The number of carbonyl (C=O) groups excluding carboxylic acids is 1. The van der Waals surface area contributed by atoms with Crippen molar-refractivity contribution in [2.75, 3.05) is 12.4 Å². The van der Waals surface area contributed by atoms with Gasteiger partial charge in [0.15, 0.2) is 0 Å². The third-order valence-corrected chi connectivity index (χ3v) is 5.69. The fraction of sp³-hybridized carbons (Fsp3) is 0.120. The molecule has 9 heteroatoms. The standard InChI is InChI=1S/C25H23N5O3S/c1-2-33-22-14-10-20(11-15-22)30-24(19-6-4-3-5-7-19)28-29-25(30)34-17-23(32)27-26-16-18-8-12-21(31)13-9-18/h3-16H,2,17H2,1H3,(H2,26,27,31,32)/p+1. The van der Waals surface area contributed by atoms with E-state index in [0.717, 1.165) is 28.4 Å². The lowest BCUT2D eigenvalue weighted by Crippen LogP contribution is -2.34. The van der Waals surface area contributed by atoms with Crippen LogP contribution in [0.1, 0.15) is 12.5 Å². The maximum Gasteiger partial charge on any atom is 0.342 e. The molecule has 0 fully saturated rings. The number of carbonyl (C=O) groups is 1. The zero-order valence-electron chi connectivity index (χ0n) is 18.5. The molecule has 0 atom stereocenters. The van der Waals surface area contributed by atoms with Crippen LogP contribution < -0.4 is 14.7 Å². The van der Waals surface area contributed by atoms with Gasteiger partial charge in [0.1, 0.15) is 17.2 Å². The molecule has 1 aromatic heterocycles. The number of thioether (sulfide) groups is 1. The number of phenols is 1. The Hall–Kier alpha value is -4.11. The van der Waals surface area contributed by atoms with Gasteiger partial charge in [-0.1, -0.05) is 18.2 Å². The van der Waals surface area contributed by atoms with Gasteiger partial charge in [-0.2, -0.15) is 9.67 Å². The van der Waals surface area contributed by atoms with Gasteiger partial charge < -0.3 is 9.84 Å². The fourth-order valence-electron chi connectivity index (χ4n) is 3.18. The largest absolute Gasteiger partial charge is 0.508 e. The Morgan fingerprint density at radius 3 is 2.56 bits per heavy atom. The second-order valence-electron chi connectivity index (χ2n) is 7.16. The number of hydrazone groups is 1. The summed E-state index contributed by atoms with van der Waals surface area (Å²) < 4.78 is 7.54. The van der Waals surface area contributed by atoms with Crippen molar-refractivity contribution >= 4 is 23.9 Å². The number of benzene rings is 3. The minimum absolute atomic E-state index is 0.128. The average Bonchev–Trinajstić information content (AvgIpc) is 3.29. The van der Waals surface area contributed by atoms with Crippen molar-refractivity contribution in [3.05, 3.63) is 84.4 Å². The predicted molar refractivity (Wildman–Crippen MR) is 131 cm³/mol. The molecule has 1 amide bonds. The molecular formula is C25H24N5O3S+. The van der Waals surface area contributed by atoms with Gasteiger partial charge in [-0.15, -0.1) is 5.10 Å². The average molecular weight is 475 g/mol. The molecule has 0 saturated carbocycles. The van der Waals surface area contributed by atoms with Gasteiger partial charge in [0, 0.05) is 0 Å². The molecule has 34 heavy (non-hydrogen) atoms. The number of nitrogens with zero attached hydrogens (tertiary/aromatic N) is 3. The first-order chi connectivity index (χ1) is 16.6. The molecule has 0 unspecified atom stereocenters. The van der Waals surface area contributed by atoms with Crippen LogP contribution in [0.15, 0.2) is 89.1 Å². The van der Waals surface area contributed by atoms with Crippen LogP contribution in [-0.2, 0) is 4.79 Å². The lowest BCUT2D eigenvalue weighted by atomic mass is 10.2. The van der Waals surface area contributed by atoms with Gasteiger partial charge in [-0.25, -0.2) is 5.43 Å². The van der Waals surface area contributed by atoms with Gasteiger partial charge in [0.25, 0.3) is 11.7 Å². The van der Waals surface area contributed by atoms with E-state index in [2.05, 4.69) is 20.7 Å². The normalized spacial score (nSPS) is 11.0. The second-order valence-corrected chi connectivity index (χ2v) is 8.10. The number of hydrogen-bond donors (Lipinski definition) is 3. The van der Waals surface area contributed by atoms with Crippen molar-refractivity contribution in [1.82, 2.24) is 15.6 Å². The fourth-order valence-corrected chi connectivity index (χ4v) is 3.94. The summed E-state index contributed by atoms with van der Waals surface area (Å²) in [4.78, 5) is 12.4. The van der Waals surface area contributed by atoms with Crippen molar-refractivity contribution < 1.29 is 19.2 Å². The lowest BCUT2D eigenvalue weighted by molar-refractivity contribution is -0.625. The second kappa shape index (κ2) is 11.2. The van der Waals surface area contributed by atoms with E-state index < -0.39 is 0 Å². The molecule has 0 bridgehead atoms. The smallest absolute Gasteiger partial charge is 0.342 e. The number of aromatic nitrogens is 3. The minimum Gasteiger partial charge on any atom is -0.508 e. The number of rotatable bonds is 9. The molecule has 4 rings (SSSR count). The third-order valence-electron chi connectivity index (χ3n) is 4.75. The van der Waals surface area contributed by atoms with Crippen LogP contribution in [0.4, 0.5) is 0 Å². The van der Waals surface area contributed by atoms with Crippen LogP contribution >= 0.6 is 11.8 Å². The van der Waals surface area contributed by atoms with Crippen LogP contribution in [0.5, 0.6) is 11.5 Å². The summed E-state index contributed by atoms with van der Waals surface area (Å²) in [7, 11) is 0. The molecule has 0 radical (unpaired) electrons. The van der Waals surface area contributed by atoms with Crippen LogP contribution in [0.2, 0.25) is 0 Å². The van der Waals surface area contributed by atoms with Gasteiger partial charge in [-0.05, 0) is 84.9 Å². The molecule has 3 N–H and O–H groups in total. The Kier molecular flexibility index (Phi) is 7.56. The first-order valence-corrected chi connectivity index (χ1v) is 11.7. The quantitative estimate of drug-likeness (QED) is 0.149. The highest BCUT2D eigenvalue weighted by Crippen LogP contribution is 2.21. The van der Waals surface area contributed by atoms with Crippen molar-refractivity contribution in [3.8, 4) is 28.6 Å². The molecule has 0 aliphatic heterocycles. The van der Waals surface area contributed by atoms with Crippen LogP contribution in [0.25, 0.3) is 17.1 Å². The number of aromatic amines is 1. The molecule has 0 aliphatic rings. The molecule has 1 heterocycles. The Morgan fingerprint density at radius 2 is 1.85 bits per heavy atom. The first kappa shape index (κ1) is 23.1. The van der Waals surface area contributed by atoms with E-state index in [9.17, 15) is 9.90 Å². The number of hydrogen-bond acceptors (Lipinski definition) is 6. The number of ether oxygens (including phenoxy) is 1. The Morgan fingerprint density at radius 1 is 1.12 bits per heavy atom. The zero-order chi connectivity index (χ0) is 23.8. The lowest BCUT2D eigenvalue weighted by Gasteiger charge is -2.06. The summed E-state index contributed by atoms with van der Waals surface area (Å²) >= 11 is 1.30. The highest BCUT2D eigenvalue weighted by atomic mass is 32.2. The van der Waals surface area contributed by atoms with Gasteiger partial charge in [0.2, 0.25) is 0 Å². The molecule has 172 valence electrons. The Balaban J connectivity index is 1.50. The summed E-state index contributed by atoms with van der Waals surface area (Å²) in [6.45, 7) is 2.54. The molecule has 4 aromatic rings. The highest BCUT2D eigenvalue weighted by Gasteiger charge is 2.24. The number of amides is 1.